The van der Waals surface area contributed by atoms with Gasteiger partial charge in [0.2, 0.25) is 5.91 Å². The molecule has 8 nitrogen and oxygen atoms in total. The molecule has 0 saturated heterocycles. The van der Waals surface area contributed by atoms with Crippen molar-refractivity contribution in [2.45, 2.75) is 5.22 Å². The molecule has 0 saturated carbocycles. The van der Waals surface area contributed by atoms with Gasteiger partial charge in [0.1, 0.15) is 11.5 Å². The number of methoxy groups -OCH3 is 1. The number of pyridine rings is 1. The van der Waals surface area contributed by atoms with Gasteiger partial charge in [-0.1, -0.05) is 17.8 Å². The van der Waals surface area contributed by atoms with Crippen LogP contribution in [0.25, 0.3) is 11.6 Å². The van der Waals surface area contributed by atoms with Gasteiger partial charge < -0.3 is 14.5 Å². The Morgan fingerprint density at radius 2 is 2.11 bits per heavy atom. The maximum Gasteiger partial charge on any atom is 0.340 e. The summed E-state index contributed by atoms with van der Waals surface area (Å²) in [6.45, 7) is 0. The molecule has 1 aromatic carbocycles. The topological polar surface area (TPSA) is 107 Å². The Bertz CT molecular complexity index is 965. The molecule has 0 unspecified atom stereocenters. The van der Waals surface area contributed by atoms with E-state index in [1.807, 2.05) is 0 Å². The number of halogens is 1. The molecular weight excluding hydrogens is 375 g/mol. The second-order valence-electron chi connectivity index (χ2n) is 5.11. The number of aromatic nitrogens is 3. The number of carbonyl (C=O) groups excluding carboxylic acids is 2. The highest BCUT2D eigenvalue weighted by Gasteiger charge is 2.15. The quantitative estimate of drug-likeness (QED) is 0.507. The first kappa shape index (κ1) is 18.5. The molecule has 0 aliphatic heterocycles. The van der Waals surface area contributed by atoms with Crippen LogP contribution in [0.2, 0.25) is 0 Å². The van der Waals surface area contributed by atoms with E-state index < -0.39 is 11.8 Å². The van der Waals surface area contributed by atoms with Gasteiger partial charge in [-0.2, -0.15) is 0 Å². The van der Waals surface area contributed by atoms with E-state index in [-0.39, 0.29) is 34.0 Å². The van der Waals surface area contributed by atoms with Gasteiger partial charge in [0, 0.05) is 11.9 Å². The summed E-state index contributed by atoms with van der Waals surface area (Å²) in [5.41, 5.74) is 0.532. The van der Waals surface area contributed by atoms with Crippen molar-refractivity contribution in [2.24, 2.45) is 0 Å². The zero-order chi connectivity index (χ0) is 19.2. The minimum Gasteiger partial charge on any atom is -0.465 e. The molecule has 0 radical (unpaired) electrons. The molecule has 0 aliphatic rings. The van der Waals surface area contributed by atoms with E-state index in [1.54, 1.807) is 24.4 Å². The standard InChI is InChI=1S/C17H13FN4O4S/c1-25-16(24)11-8-10(5-6-12(11)18)20-14(23)9-27-17-22-21-15(26-17)13-4-2-3-7-19-13/h2-8H,9H2,1H3,(H,20,23). The number of anilines is 1. The maximum absolute atomic E-state index is 13.6. The highest BCUT2D eigenvalue weighted by atomic mass is 32.2. The van der Waals surface area contributed by atoms with Gasteiger partial charge >= 0.3 is 5.97 Å². The number of carbonyl (C=O) groups is 2. The highest BCUT2D eigenvalue weighted by molar-refractivity contribution is 7.99. The van der Waals surface area contributed by atoms with Crippen LogP contribution in [-0.4, -0.2) is 39.9 Å². The molecule has 1 N–H and O–H groups in total. The monoisotopic (exact) mass is 388 g/mol. The Morgan fingerprint density at radius 1 is 1.26 bits per heavy atom. The van der Waals surface area contributed by atoms with Crippen LogP contribution in [0.3, 0.4) is 0 Å². The van der Waals surface area contributed by atoms with E-state index in [2.05, 4.69) is 25.2 Å². The lowest BCUT2D eigenvalue weighted by atomic mass is 10.2. The number of nitrogens with one attached hydrogen (secondary N) is 1. The summed E-state index contributed by atoms with van der Waals surface area (Å²) >= 11 is 1.04. The lowest BCUT2D eigenvalue weighted by Gasteiger charge is -2.07. The summed E-state index contributed by atoms with van der Waals surface area (Å²) in [6.07, 6.45) is 1.60. The van der Waals surface area contributed by atoms with E-state index in [0.29, 0.717) is 5.69 Å². The van der Waals surface area contributed by atoms with Crippen molar-refractivity contribution in [3.8, 4) is 11.6 Å². The van der Waals surface area contributed by atoms with Crippen LogP contribution in [0.5, 0.6) is 0 Å². The Balaban J connectivity index is 1.59. The van der Waals surface area contributed by atoms with Crippen LogP contribution < -0.4 is 5.32 Å². The van der Waals surface area contributed by atoms with Gasteiger partial charge in [0.05, 0.1) is 18.4 Å². The van der Waals surface area contributed by atoms with Gasteiger partial charge in [-0.05, 0) is 30.3 Å². The van der Waals surface area contributed by atoms with Crippen molar-refractivity contribution < 1.29 is 23.1 Å². The van der Waals surface area contributed by atoms with Crippen LogP contribution in [0, 0.1) is 5.82 Å². The fourth-order valence-corrected chi connectivity index (χ4v) is 2.62. The molecule has 1 amide bonds. The van der Waals surface area contributed by atoms with Crippen LogP contribution >= 0.6 is 11.8 Å². The first-order valence-corrected chi connectivity index (χ1v) is 8.61. The van der Waals surface area contributed by atoms with E-state index in [1.165, 1.54) is 12.1 Å². The average Bonchev–Trinajstić information content (AvgIpc) is 3.17. The number of thioether (sulfide) groups is 1. The lowest BCUT2D eigenvalue weighted by Crippen LogP contribution is -2.15. The molecule has 2 aromatic heterocycles. The Morgan fingerprint density at radius 3 is 2.85 bits per heavy atom. The van der Waals surface area contributed by atoms with Gasteiger partial charge in [0.25, 0.3) is 11.1 Å². The molecule has 0 bridgehead atoms. The molecule has 10 heteroatoms. The van der Waals surface area contributed by atoms with Crippen LogP contribution in [0.1, 0.15) is 10.4 Å². The number of benzene rings is 1. The predicted molar refractivity (Wildman–Crippen MR) is 94.6 cm³/mol. The zero-order valence-electron chi connectivity index (χ0n) is 14.0. The molecule has 3 aromatic rings. The summed E-state index contributed by atoms with van der Waals surface area (Å²) in [5, 5.41) is 10.5. The summed E-state index contributed by atoms with van der Waals surface area (Å²) in [6, 6.07) is 8.90. The normalized spacial score (nSPS) is 10.4. The van der Waals surface area contributed by atoms with Crippen molar-refractivity contribution in [1.29, 1.82) is 0 Å². The van der Waals surface area contributed by atoms with Crippen molar-refractivity contribution in [1.82, 2.24) is 15.2 Å². The number of hydrogen-bond donors (Lipinski definition) is 1. The molecule has 0 atom stereocenters. The molecule has 27 heavy (non-hydrogen) atoms. The number of amides is 1. The van der Waals surface area contributed by atoms with E-state index in [0.717, 1.165) is 24.9 Å². The maximum atomic E-state index is 13.6. The van der Waals surface area contributed by atoms with Crippen molar-refractivity contribution in [3.05, 3.63) is 54.0 Å². The molecule has 0 fully saturated rings. The Kier molecular flexibility index (Phi) is 5.77. The number of hydrogen-bond acceptors (Lipinski definition) is 8. The van der Waals surface area contributed by atoms with Crippen molar-refractivity contribution in [2.75, 3.05) is 18.2 Å². The summed E-state index contributed by atoms with van der Waals surface area (Å²) in [5.74, 6) is -1.72. The summed E-state index contributed by atoms with van der Waals surface area (Å²) in [4.78, 5) is 27.6. The highest BCUT2D eigenvalue weighted by Crippen LogP contribution is 2.22. The largest absolute Gasteiger partial charge is 0.465 e. The minimum absolute atomic E-state index is 0.0191. The minimum atomic E-state index is -0.828. The third kappa shape index (κ3) is 4.67. The molecule has 138 valence electrons. The fourth-order valence-electron chi connectivity index (χ4n) is 2.05. The number of nitrogens with zero attached hydrogens (tertiary/aromatic N) is 3. The lowest BCUT2D eigenvalue weighted by molar-refractivity contribution is -0.113. The SMILES string of the molecule is COC(=O)c1cc(NC(=O)CSc2nnc(-c3ccccn3)o2)ccc1F. The Labute approximate surface area is 157 Å². The zero-order valence-corrected chi connectivity index (χ0v) is 14.8. The average molecular weight is 388 g/mol. The van der Waals surface area contributed by atoms with E-state index in [4.69, 9.17) is 4.42 Å². The second kappa shape index (κ2) is 8.41. The molecule has 2 heterocycles. The first-order valence-electron chi connectivity index (χ1n) is 7.62. The number of rotatable bonds is 6. The third-order valence-electron chi connectivity index (χ3n) is 3.27. The Hall–Kier alpha value is -3.27. The van der Waals surface area contributed by atoms with Crippen molar-refractivity contribution in [3.63, 3.8) is 0 Å². The second-order valence-corrected chi connectivity index (χ2v) is 6.04. The molecule has 0 aliphatic carbocycles. The van der Waals surface area contributed by atoms with Crippen LogP contribution in [0.15, 0.2) is 52.2 Å². The summed E-state index contributed by atoms with van der Waals surface area (Å²) < 4.78 is 23.5. The van der Waals surface area contributed by atoms with Gasteiger partial charge in [-0.15, -0.1) is 10.2 Å². The van der Waals surface area contributed by atoms with Gasteiger partial charge in [-0.25, -0.2) is 9.18 Å². The number of esters is 1. The smallest absolute Gasteiger partial charge is 0.340 e. The first-order chi connectivity index (χ1) is 13.1. The van der Waals surface area contributed by atoms with E-state index in [9.17, 15) is 14.0 Å². The third-order valence-corrected chi connectivity index (χ3v) is 4.09. The van der Waals surface area contributed by atoms with Crippen molar-refractivity contribution >= 4 is 29.3 Å². The number of ether oxygens (including phenoxy) is 1. The predicted octanol–water partition coefficient (Wildman–Crippen LogP) is 2.79. The molecular formula is C17H13FN4O4S. The van der Waals surface area contributed by atoms with Gasteiger partial charge in [0.15, 0.2) is 0 Å². The molecule has 3 rings (SSSR count). The van der Waals surface area contributed by atoms with Gasteiger partial charge in [-0.3, -0.25) is 9.78 Å². The van der Waals surface area contributed by atoms with Crippen LogP contribution in [0.4, 0.5) is 10.1 Å². The fraction of sp³-hybridized carbons (Fsp3) is 0.118. The summed E-state index contributed by atoms with van der Waals surface area (Å²) in [7, 11) is 1.15. The van der Waals surface area contributed by atoms with Crippen LogP contribution in [-0.2, 0) is 9.53 Å². The van der Waals surface area contributed by atoms with E-state index >= 15 is 0 Å². The molecule has 0 spiro atoms.